The fourth-order valence-electron chi connectivity index (χ4n) is 1.25. The number of hydrogen-bond donors (Lipinski definition) is 1. The Morgan fingerprint density at radius 2 is 2.53 bits per heavy atom. The van der Waals surface area contributed by atoms with Crippen molar-refractivity contribution in [1.29, 1.82) is 0 Å². The zero-order valence-corrected chi connectivity index (χ0v) is 10.2. The normalized spacial score (nSPS) is 10.6. The summed E-state index contributed by atoms with van der Waals surface area (Å²) in [7, 11) is 0. The predicted octanol–water partition coefficient (Wildman–Crippen LogP) is 1.62. The summed E-state index contributed by atoms with van der Waals surface area (Å²) >= 11 is 1.54. The van der Waals surface area contributed by atoms with Crippen LogP contribution in [0.1, 0.15) is 12.6 Å². The first-order chi connectivity index (χ1) is 8.29. The quantitative estimate of drug-likeness (QED) is 0.651. The molecule has 0 aliphatic rings. The molecule has 1 amide bonds. The van der Waals surface area contributed by atoms with E-state index in [-0.39, 0.29) is 13.3 Å². The lowest BCUT2D eigenvalue weighted by molar-refractivity contribution is 0.0982. The van der Waals surface area contributed by atoms with E-state index in [4.69, 9.17) is 9.47 Å². The summed E-state index contributed by atoms with van der Waals surface area (Å²) in [5.74, 6) is 0. The van der Waals surface area contributed by atoms with Gasteiger partial charge in [0.05, 0.1) is 5.69 Å². The number of ether oxygens (including phenoxy) is 2. The van der Waals surface area contributed by atoms with Crippen LogP contribution in [0.5, 0.6) is 0 Å². The van der Waals surface area contributed by atoms with E-state index < -0.39 is 6.09 Å². The van der Waals surface area contributed by atoms with Crippen LogP contribution in [0.3, 0.4) is 0 Å². The first-order valence-electron chi connectivity index (χ1n) is 5.19. The number of alkyl carbamates (subject to hydrolysis) is 1. The number of aromatic nitrogens is 2. The third kappa shape index (κ3) is 3.18. The monoisotopic (exact) mass is 255 g/mol. The van der Waals surface area contributed by atoms with Crippen molar-refractivity contribution in [3.8, 4) is 0 Å². The summed E-state index contributed by atoms with van der Waals surface area (Å²) < 4.78 is 11.8. The Labute approximate surface area is 102 Å². The minimum Gasteiger partial charge on any atom is -0.443 e. The molecule has 0 unspecified atom stereocenters. The van der Waals surface area contributed by atoms with Gasteiger partial charge in [0.2, 0.25) is 0 Å². The standard InChI is InChI=1S/C10H13N3O3S/c1-2-15-7-11-10(14)16-6-8-5-13-3-4-17-9(13)12-8/h3-5H,2,6-7H2,1H3,(H,11,14). The van der Waals surface area contributed by atoms with Crippen LogP contribution in [-0.4, -0.2) is 28.8 Å². The lowest BCUT2D eigenvalue weighted by Crippen LogP contribution is -2.26. The van der Waals surface area contributed by atoms with E-state index in [1.807, 2.05) is 29.1 Å². The van der Waals surface area contributed by atoms with Crippen molar-refractivity contribution in [2.75, 3.05) is 13.3 Å². The van der Waals surface area contributed by atoms with Crippen LogP contribution >= 0.6 is 11.3 Å². The van der Waals surface area contributed by atoms with Gasteiger partial charge in [0.15, 0.2) is 4.96 Å². The van der Waals surface area contributed by atoms with Crippen molar-refractivity contribution in [3.05, 3.63) is 23.5 Å². The van der Waals surface area contributed by atoms with E-state index in [0.29, 0.717) is 6.61 Å². The number of carbonyl (C=O) groups excluding carboxylic acids is 1. The molecule has 0 bridgehead atoms. The van der Waals surface area contributed by atoms with Crippen LogP contribution in [0, 0.1) is 0 Å². The average Bonchev–Trinajstić information content (AvgIpc) is 2.86. The predicted molar refractivity (Wildman–Crippen MR) is 62.9 cm³/mol. The summed E-state index contributed by atoms with van der Waals surface area (Å²) in [4.78, 5) is 16.4. The third-order valence-electron chi connectivity index (χ3n) is 2.02. The zero-order chi connectivity index (χ0) is 12.1. The van der Waals surface area contributed by atoms with Crippen molar-refractivity contribution in [3.63, 3.8) is 0 Å². The van der Waals surface area contributed by atoms with Crippen molar-refractivity contribution in [2.24, 2.45) is 0 Å². The summed E-state index contributed by atoms with van der Waals surface area (Å²) in [5, 5.41) is 4.41. The largest absolute Gasteiger partial charge is 0.443 e. The molecule has 2 aromatic heterocycles. The minimum atomic E-state index is -0.505. The van der Waals surface area contributed by atoms with Crippen LogP contribution in [0.15, 0.2) is 17.8 Å². The number of hydrogen-bond acceptors (Lipinski definition) is 5. The lowest BCUT2D eigenvalue weighted by Gasteiger charge is -2.04. The maximum atomic E-state index is 11.2. The van der Waals surface area contributed by atoms with Gasteiger partial charge in [-0.15, -0.1) is 11.3 Å². The van der Waals surface area contributed by atoms with Gasteiger partial charge in [-0.25, -0.2) is 9.78 Å². The fourth-order valence-corrected chi connectivity index (χ4v) is 1.97. The van der Waals surface area contributed by atoms with Gasteiger partial charge in [0, 0.05) is 24.4 Å². The molecule has 6 nitrogen and oxygen atoms in total. The maximum Gasteiger partial charge on any atom is 0.409 e. The van der Waals surface area contributed by atoms with Gasteiger partial charge in [0.1, 0.15) is 13.3 Å². The van der Waals surface area contributed by atoms with E-state index >= 15 is 0 Å². The van der Waals surface area contributed by atoms with Crippen molar-refractivity contribution in [2.45, 2.75) is 13.5 Å². The Morgan fingerprint density at radius 3 is 3.29 bits per heavy atom. The molecule has 0 spiro atoms. The molecule has 0 saturated carbocycles. The van der Waals surface area contributed by atoms with Crippen LogP contribution in [0.25, 0.3) is 4.96 Å². The minimum absolute atomic E-state index is 0.159. The smallest absolute Gasteiger partial charge is 0.409 e. The number of nitrogens with zero attached hydrogens (tertiary/aromatic N) is 2. The van der Waals surface area contributed by atoms with Gasteiger partial charge in [-0.05, 0) is 6.92 Å². The molecular weight excluding hydrogens is 242 g/mol. The second-order valence-corrected chi connectivity index (χ2v) is 4.09. The van der Waals surface area contributed by atoms with Gasteiger partial charge < -0.3 is 9.47 Å². The average molecular weight is 255 g/mol. The summed E-state index contributed by atoms with van der Waals surface area (Å²) in [6.45, 7) is 2.72. The zero-order valence-electron chi connectivity index (χ0n) is 9.38. The van der Waals surface area contributed by atoms with Crippen LogP contribution in [0.4, 0.5) is 4.79 Å². The SMILES string of the molecule is CCOCNC(=O)OCc1cn2ccsc2n1. The number of rotatable bonds is 5. The highest BCUT2D eigenvalue weighted by Crippen LogP contribution is 2.11. The number of carbonyl (C=O) groups is 1. The van der Waals surface area contributed by atoms with Crippen LogP contribution in [0.2, 0.25) is 0 Å². The molecular formula is C10H13N3O3S. The molecule has 7 heteroatoms. The summed E-state index contributed by atoms with van der Waals surface area (Å²) in [5.41, 5.74) is 0.725. The summed E-state index contributed by atoms with van der Waals surface area (Å²) in [6.07, 6.45) is 3.24. The molecule has 2 rings (SSSR count). The molecule has 0 fully saturated rings. The molecule has 0 aliphatic heterocycles. The van der Waals surface area contributed by atoms with E-state index in [9.17, 15) is 4.79 Å². The Hall–Kier alpha value is -1.60. The van der Waals surface area contributed by atoms with E-state index in [0.717, 1.165) is 10.7 Å². The first kappa shape index (κ1) is 11.9. The number of imidazole rings is 1. The molecule has 0 saturated heterocycles. The molecule has 0 atom stereocenters. The molecule has 92 valence electrons. The van der Waals surface area contributed by atoms with Gasteiger partial charge in [-0.3, -0.25) is 9.72 Å². The van der Waals surface area contributed by atoms with Gasteiger partial charge >= 0.3 is 6.09 Å². The van der Waals surface area contributed by atoms with Gasteiger partial charge in [-0.1, -0.05) is 0 Å². The Bertz CT molecular complexity index is 465. The molecule has 1 N–H and O–H groups in total. The summed E-state index contributed by atoms with van der Waals surface area (Å²) in [6, 6.07) is 0. The van der Waals surface area contributed by atoms with E-state index in [1.165, 1.54) is 11.3 Å². The molecule has 0 radical (unpaired) electrons. The van der Waals surface area contributed by atoms with Crippen LogP contribution < -0.4 is 5.32 Å². The Balaban J connectivity index is 1.78. The fraction of sp³-hybridized carbons (Fsp3) is 0.400. The highest BCUT2D eigenvalue weighted by molar-refractivity contribution is 7.15. The molecule has 2 aromatic rings. The lowest BCUT2D eigenvalue weighted by atomic mass is 10.5. The highest BCUT2D eigenvalue weighted by Gasteiger charge is 2.05. The second-order valence-electron chi connectivity index (χ2n) is 3.22. The third-order valence-corrected chi connectivity index (χ3v) is 2.79. The number of amides is 1. The second kappa shape index (κ2) is 5.65. The number of thiazole rings is 1. The molecule has 0 aliphatic carbocycles. The maximum absolute atomic E-state index is 11.2. The van der Waals surface area contributed by atoms with E-state index in [2.05, 4.69) is 10.3 Å². The van der Waals surface area contributed by atoms with Crippen molar-refractivity contribution >= 4 is 22.4 Å². The number of fused-ring (bicyclic) bond motifs is 1. The molecule has 2 heterocycles. The molecule has 17 heavy (non-hydrogen) atoms. The van der Waals surface area contributed by atoms with Gasteiger partial charge in [0.25, 0.3) is 0 Å². The van der Waals surface area contributed by atoms with Crippen LogP contribution in [-0.2, 0) is 16.1 Å². The topological polar surface area (TPSA) is 64.9 Å². The Morgan fingerprint density at radius 1 is 1.65 bits per heavy atom. The Kier molecular flexibility index (Phi) is 3.94. The highest BCUT2D eigenvalue weighted by atomic mass is 32.1. The van der Waals surface area contributed by atoms with E-state index in [1.54, 1.807) is 0 Å². The molecule has 0 aromatic carbocycles. The van der Waals surface area contributed by atoms with Gasteiger partial charge in [-0.2, -0.15) is 0 Å². The number of nitrogens with one attached hydrogen (secondary N) is 1. The van der Waals surface area contributed by atoms with Crippen molar-refractivity contribution in [1.82, 2.24) is 14.7 Å². The first-order valence-corrected chi connectivity index (χ1v) is 6.07. The van der Waals surface area contributed by atoms with Crippen molar-refractivity contribution < 1.29 is 14.3 Å².